The Morgan fingerprint density at radius 1 is 0.971 bits per heavy atom. The molecule has 0 atom stereocenters. The number of ether oxygens (including phenoxy) is 1. The minimum atomic E-state index is -4.67. The second kappa shape index (κ2) is 10.4. The Morgan fingerprint density at radius 2 is 1.68 bits per heavy atom. The Hall–Kier alpha value is -4.58. The van der Waals surface area contributed by atoms with Gasteiger partial charge < -0.3 is 15.4 Å². The highest BCUT2D eigenvalue weighted by molar-refractivity contribution is 6.10. The molecule has 0 saturated heterocycles. The molecule has 0 radical (unpaired) electrons. The fourth-order valence-corrected chi connectivity index (χ4v) is 3.00. The molecule has 2 amide bonds. The van der Waals surface area contributed by atoms with Crippen LogP contribution in [-0.4, -0.2) is 18.9 Å². The lowest BCUT2D eigenvalue weighted by atomic mass is 10.1. The number of rotatable bonds is 6. The third-order valence-electron chi connectivity index (χ3n) is 4.65. The first kappa shape index (κ1) is 24.1. The molecule has 0 spiro atoms. The number of nitriles is 1. The van der Waals surface area contributed by atoms with Crippen LogP contribution in [0.4, 0.5) is 24.5 Å². The molecule has 2 N–H and O–H groups in total. The summed E-state index contributed by atoms with van der Waals surface area (Å²) in [6.07, 6.45) is -3.45. The fraction of sp³-hybridized carbons (Fsp3) is 0.0800. The van der Waals surface area contributed by atoms with Crippen molar-refractivity contribution in [2.24, 2.45) is 0 Å². The zero-order valence-corrected chi connectivity index (χ0v) is 17.8. The van der Waals surface area contributed by atoms with Gasteiger partial charge in [-0.3, -0.25) is 9.59 Å². The van der Waals surface area contributed by atoms with E-state index in [2.05, 4.69) is 10.6 Å². The van der Waals surface area contributed by atoms with Gasteiger partial charge in [-0.05, 0) is 60.2 Å². The van der Waals surface area contributed by atoms with E-state index in [4.69, 9.17) is 4.74 Å². The van der Waals surface area contributed by atoms with E-state index in [9.17, 15) is 28.0 Å². The summed E-state index contributed by atoms with van der Waals surface area (Å²) < 4.78 is 44.6. The third-order valence-corrected chi connectivity index (χ3v) is 4.65. The van der Waals surface area contributed by atoms with Crippen molar-refractivity contribution >= 4 is 29.3 Å². The Bertz CT molecular complexity index is 1280. The van der Waals surface area contributed by atoms with Crippen molar-refractivity contribution < 1.29 is 27.5 Å². The lowest BCUT2D eigenvalue weighted by Crippen LogP contribution is -2.17. The summed E-state index contributed by atoms with van der Waals surface area (Å²) in [6, 6.07) is 19.0. The Kier molecular flexibility index (Phi) is 7.33. The van der Waals surface area contributed by atoms with Crippen LogP contribution in [0.2, 0.25) is 0 Å². The number of amides is 2. The topological polar surface area (TPSA) is 91.2 Å². The number of hydrogen-bond acceptors (Lipinski definition) is 4. The maximum Gasteiger partial charge on any atom is 0.418 e. The summed E-state index contributed by atoms with van der Waals surface area (Å²) >= 11 is 0. The van der Waals surface area contributed by atoms with Gasteiger partial charge in [0.1, 0.15) is 17.4 Å². The molecule has 3 aromatic carbocycles. The second-order valence-electron chi connectivity index (χ2n) is 6.98. The highest BCUT2D eigenvalue weighted by atomic mass is 19.4. The van der Waals surface area contributed by atoms with Gasteiger partial charge in [0.15, 0.2) is 0 Å². The molecule has 0 bridgehead atoms. The van der Waals surface area contributed by atoms with E-state index in [1.165, 1.54) is 31.4 Å². The van der Waals surface area contributed by atoms with E-state index >= 15 is 0 Å². The van der Waals surface area contributed by atoms with Crippen LogP contribution in [0.15, 0.2) is 78.4 Å². The van der Waals surface area contributed by atoms with Crippen molar-refractivity contribution in [3.8, 4) is 11.8 Å². The molecule has 34 heavy (non-hydrogen) atoms. The number of nitrogens with one attached hydrogen (secondary N) is 2. The molecule has 172 valence electrons. The zero-order chi connectivity index (χ0) is 24.7. The lowest BCUT2D eigenvalue weighted by Gasteiger charge is -2.13. The average molecular weight is 465 g/mol. The Balaban J connectivity index is 1.78. The Morgan fingerprint density at radius 3 is 2.32 bits per heavy atom. The number of hydrogen-bond donors (Lipinski definition) is 2. The molecule has 0 unspecified atom stereocenters. The van der Waals surface area contributed by atoms with E-state index in [1.54, 1.807) is 48.5 Å². The van der Waals surface area contributed by atoms with Gasteiger partial charge in [-0.2, -0.15) is 18.4 Å². The van der Waals surface area contributed by atoms with E-state index in [-0.39, 0.29) is 5.91 Å². The van der Waals surface area contributed by atoms with E-state index < -0.39 is 28.9 Å². The van der Waals surface area contributed by atoms with Gasteiger partial charge >= 0.3 is 6.18 Å². The second-order valence-corrected chi connectivity index (χ2v) is 6.98. The van der Waals surface area contributed by atoms with Gasteiger partial charge in [-0.25, -0.2) is 0 Å². The average Bonchev–Trinajstić information content (AvgIpc) is 2.82. The van der Waals surface area contributed by atoms with Crippen LogP contribution >= 0.6 is 0 Å². The van der Waals surface area contributed by atoms with Crippen LogP contribution in [0.5, 0.6) is 5.75 Å². The van der Waals surface area contributed by atoms with Gasteiger partial charge in [0.25, 0.3) is 11.8 Å². The first-order chi connectivity index (χ1) is 16.2. The van der Waals surface area contributed by atoms with Crippen LogP contribution in [0, 0.1) is 11.3 Å². The standard InChI is InChI=1S/C25H18F3N3O3/c1-34-20-11-9-17(10-12-20)23(32)30-19-6-4-5-16(14-19)13-18(15-29)24(33)31-22-8-3-2-7-21(22)25(26,27)28/h2-14H,1H3,(H,30,32)(H,31,33)/b18-13+. The maximum absolute atomic E-state index is 13.2. The quantitative estimate of drug-likeness (QED) is 0.371. The molecule has 0 aliphatic heterocycles. The maximum atomic E-state index is 13.2. The predicted molar refractivity (Wildman–Crippen MR) is 121 cm³/mol. The number of halogens is 3. The summed E-state index contributed by atoms with van der Waals surface area (Å²) in [5, 5.41) is 14.2. The first-order valence-corrected chi connectivity index (χ1v) is 9.86. The summed E-state index contributed by atoms with van der Waals surface area (Å²) in [5.74, 6) is -0.776. The lowest BCUT2D eigenvalue weighted by molar-refractivity contribution is -0.137. The van der Waals surface area contributed by atoms with Crippen molar-refractivity contribution in [1.29, 1.82) is 5.26 Å². The number of methoxy groups -OCH3 is 1. The SMILES string of the molecule is COc1ccc(C(=O)Nc2cccc(/C=C(\C#N)C(=O)Nc3ccccc3C(F)(F)F)c2)cc1. The van der Waals surface area contributed by atoms with Gasteiger partial charge in [-0.1, -0.05) is 24.3 Å². The minimum absolute atomic E-state index is 0.384. The van der Waals surface area contributed by atoms with E-state index in [1.807, 2.05) is 0 Å². The van der Waals surface area contributed by atoms with Crippen LogP contribution in [0.3, 0.4) is 0 Å². The minimum Gasteiger partial charge on any atom is -0.497 e. The highest BCUT2D eigenvalue weighted by Gasteiger charge is 2.33. The molecule has 3 rings (SSSR count). The van der Waals surface area contributed by atoms with Crippen LogP contribution in [0.25, 0.3) is 6.08 Å². The van der Waals surface area contributed by atoms with Crippen LogP contribution in [-0.2, 0) is 11.0 Å². The van der Waals surface area contributed by atoms with Crippen LogP contribution in [0.1, 0.15) is 21.5 Å². The molecule has 0 aliphatic rings. The summed E-state index contributed by atoms with van der Waals surface area (Å²) in [5.41, 5.74) is -0.707. The molecule has 0 heterocycles. The normalized spacial score (nSPS) is 11.3. The molecule has 0 aliphatic carbocycles. The van der Waals surface area contributed by atoms with Crippen molar-refractivity contribution in [2.75, 3.05) is 17.7 Å². The Labute approximate surface area is 193 Å². The summed E-state index contributed by atoms with van der Waals surface area (Å²) in [7, 11) is 1.51. The molecule has 0 fully saturated rings. The molecule has 9 heteroatoms. The zero-order valence-electron chi connectivity index (χ0n) is 17.8. The van der Waals surface area contributed by atoms with E-state index in [0.717, 1.165) is 12.1 Å². The number of carbonyl (C=O) groups excluding carboxylic acids is 2. The number of para-hydroxylation sites is 1. The molecule has 0 aromatic heterocycles. The number of anilines is 2. The molecule has 3 aromatic rings. The van der Waals surface area contributed by atoms with Gasteiger partial charge in [0, 0.05) is 11.3 Å². The number of alkyl halides is 3. The van der Waals surface area contributed by atoms with Gasteiger partial charge in [0.05, 0.1) is 18.4 Å². The smallest absolute Gasteiger partial charge is 0.418 e. The molecular formula is C25H18F3N3O3. The highest BCUT2D eigenvalue weighted by Crippen LogP contribution is 2.34. The monoisotopic (exact) mass is 465 g/mol. The van der Waals surface area contributed by atoms with Crippen LogP contribution < -0.4 is 15.4 Å². The number of carbonyl (C=O) groups is 2. The predicted octanol–water partition coefficient (Wildman–Crippen LogP) is 5.51. The van der Waals surface area contributed by atoms with Crippen molar-refractivity contribution in [3.63, 3.8) is 0 Å². The molecular weight excluding hydrogens is 447 g/mol. The molecule has 6 nitrogen and oxygen atoms in total. The molecule has 0 saturated carbocycles. The number of benzene rings is 3. The summed E-state index contributed by atoms with van der Waals surface area (Å²) in [6.45, 7) is 0. The fourth-order valence-electron chi connectivity index (χ4n) is 3.00. The number of nitrogens with zero attached hydrogens (tertiary/aromatic N) is 1. The van der Waals surface area contributed by atoms with E-state index in [0.29, 0.717) is 22.6 Å². The first-order valence-electron chi connectivity index (χ1n) is 9.86. The largest absolute Gasteiger partial charge is 0.497 e. The van der Waals surface area contributed by atoms with Crippen molar-refractivity contribution in [2.45, 2.75) is 6.18 Å². The van der Waals surface area contributed by atoms with Gasteiger partial charge in [-0.15, -0.1) is 0 Å². The van der Waals surface area contributed by atoms with Crippen molar-refractivity contribution in [1.82, 2.24) is 0 Å². The van der Waals surface area contributed by atoms with Crippen molar-refractivity contribution in [3.05, 3.63) is 95.1 Å². The summed E-state index contributed by atoms with van der Waals surface area (Å²) in [4.78, 5) is 24.9. The third kappa shape index (κ3) is 6.01. The van der Waals surface area contributed by atoms with Gasteiger partial charge in [0.2, 0.25) is 0 Å².